The van der Waals surface area contributed by atoms with Crippen LogP contribution in [0.4, 0.5) is 0 Å². The monoisotopic (exact) mass is 280 g/mol. The zero-order chi connectivity index (χ0) is 15.1. The van der Waals surface area contributed by atoms with Crippen LogP contribution in [0.15, 0.2) is 23.1 Å². The molecule has 0 bridgehead atoms. The Balaban J connectivity index is 2.42. The summed E-state index contributed by atoms with van der Waals surface area (Å²) in [6, 6.07) is 2.53. The van der Waals surface area contributed by atoms with Crippen molar-refractivity contribution in [2.24, 2.45) is 0 Å². The van der Waals surface area contributed by atoms with E-state index in [0.29, 0.717) is 19.4 Å². The minimum atomic E-state index is -1.03. The Kier molecular flexibility index (Phi) is 5.96. The van der Waals surface area contributed by atoms with Gasteiger partial charge in [0, 0.05) is 25.2 Å². The number of pyridine rings is 1. The number of nitrogens with zero attached hydrogens (tertiary/aromatic N) is 1. The first-order chi connectivity index (χ1) is 9.43. The molecule has 0 fully saturated rings. The number of hydrogen-bond donors (Lipinski definition) is 2. The number of hydrogen-bond acceptors (Lipinski definition) is 3. The van der Waals surface area contributed by atoms with E-state index >= 15 is 0 Å². The van der Waals surface area contributed by atoms with Crippen LogP contribution in [0.3, 0.4) is 0 Å². The van der Waals surface area contributed by atoms with Gasteiger partial charge in [-0.25, -0.2) is 4.79 Å². The van der Waals surface area contributed by atoms with Gasteiger partial charge in [-0.05, 0) is 31.4 Å². The Morgan fingerprint density at radius 2 is 2.15 bits per heavy atom. The molecule has 20 heavy (non-hydrogen) atoms. The van der Waals surface area contributed by atoms with Crippen LogP contribution in [0, 0.1) is 6.92 Å². The van der Waals surface area contributed by atoms with Crippen molar-refractivity contribution in [2.45, 2.75) is 45.7 Å². The van der Waals surface area contributed by atoms with Gasteiger partial charge in [-0.2, -0.15) is 0 Å². The van der Waals surface area contributed by atoms with Crippen molar-refractivity contribution in [3.63, 3.8) is 0 Å². The molecule has 110 valence electrons. The van der Waals surface area contributed by atoms with Crippen molar-refractivity contribution in [2.75, 3.05) is 0 Å². The first-order valence-corrected chi connectivity index (χ1v) is 6.63. The van der Waals surface area contributed by atoms with Crippen LogP contribution in [0.2, 0.25) is 0 Å². The number of carbonyl (C=O) groups is 2. The summed E-state index contributed by atoms with van der Waals surface area (Å²) < 4.78 is 1.54. The highest BCUT2D eigenvalue weighted by Crippen LogP contribution is 1.98. The minimum Gasteiger partial charge on any atom is -0.480 e. The van der Waals surface area contributed by atoms with Gasteiger partial charge in [0.05, 0.1) is 0 Å². The zero-order valence-corrected chi connectivity index (χ0v) is 11.8. The third kappa shape index (κ3) is 4.87. The fourth-order valence-electron chi connectivity index (χ4n) is 1.81. The first-order valence-electron chi connectivity index (χ1n) is 6.63. The van der Waals surface area contributed by atoms with Crippen molar-refractivity contribution < 1.29 is 14.7 Å². The van der Waals surface area contributed by atoms with Gasteiger partial charge in [-0.1, -0.05) is 6.92 Å². The van der Waals surface area contributed by atoms with Gasteiger partial charge in [0.15, 0.2) is 0 Å². The minimum absolute atomic E-state index is 0.0950. The van der Waals surface area contributed by atoms with Crippen LogP contribution < -0.4 is 10.9 Å². The molecule has 1 atom stereocenters. The number of carboxylic acid groups (broad SMARTS) is 1. The third-order valence-electron chi connectivity index (χ3n) is 3.00. The lowest BCUT2D eigenvalue weighted by Crippen LogP contribution is -2.40. The van der Waals surface area contributed by atoms with Gasteiger partial charge in [0.2, 0.25) is 5.91 Å². The lowest BCUT2D eigenvalue weighted by Gasteiger charge is -2.12. The molecule has 1 unspecified atom stereocenters. The van der Waals surface area contributed by atoms with E-state index in [1.807, 2.05) is 13.0 Å². The van der Waals surface area contributed by atoms with Crippen molar-refractivity contribution >= 4 is 11.9 Å². The molecule has 0 aliphatic carbocycles. The maximum Gasteiger partial charge on any atom is 0.326 e. The van der Waals surface area contributed by atoms with Crippen LogP contribution in [-0.4, -0.2) is 27.6 Å². The number of nitrogens with one attached hydrogen (secondary N) is 1. The number of aliphatic carboxylic acids is 1. The van der Waals surface area contributed by atoms with Gasteiger partial charge in [-0.15, -0.1) is 0 Å². The summed E-state index contributed by atoms with van der Waals surface area (Å²) in [6.07, 6.45) is 2.73. The molecule has 1 amide bonds. The summed E-state index contributed by atoms with van der Waals surface area (Å²) in [4.78, 5) is 34.0. The lowest BCUT2D eigenvalue weighted by atomic mass is 10.2. The van der Waals surface area contributed by atoms with Crippen LogP contribution >= 0.6 is 0 Å². The molecule has 6 heteroatoms. The smallest absolute Gasteiger partial charge is 0.326 e. The summed E-state index contributed by atoms with van der Waals surface area (Å²) in [7, 11) is 0. The maximum atomic E-state index is 11.6. The predicted octanol–water partition coefficient (Wildman–Crippen LogP) is 0.916. The fourth-order valence-corrected chi connectivity index (χ4v) is 1.81. The molecule has 1 aromatic heterocycles. The molecular weight excluding hydrogens is 260 g/mol. The Morgan fingerprint density at radius 3 is 2.70 bits per heavy atom. The number of amides is 1. The van der Waals surface area contributed by atoms with Gasteiger partial charge < -0.3 is 15.0 Å². The maximum absolute atomic E-state index is 11.6. The number of rotatable bonds is 7. The fraction of sp³-hybridized carbons (Fsp3) is 0.500. The summed E-state index contributed by atoms with van der Waals surface area (Å²) >= 11 is 0. The number of aryl methyl sites for hydroxylation is 2. The van der Waals surface area contributed by atoms with Crippen LogP contribution in [0.25, 0.3) is 0 Å². The van der Waals surface area contributed by atoms with Crippen LogP contribution in [0.5, 0.6) is 0 Å². The second-order valence-electron chi connectivity index (χ2n) is 4.71. The van der Waals surface area contributed by atoms with E-state index in [2.05, 4.69) is 5.32 Å². The normalized spacial score (nSPS) is 11.9. The summed E-state index contributed by atoms with van der Waals surface area (Å²) in [5, 5.41) is 11.3. The van der Waals surface area contributed by atoms with E-state index in [1.165, 1.54) is 10.6 Å². The van der Waals surface area contributed by atoms with Crippen molar-refractivity contribution in [1.82, 2.24) is 9.88 Å². The molecule has 0 saturated carbocycles. The van der Waals surface area contributed by atoms with Crippen LogP contribution in [0.1, 0.15) is 31.7 Å². The van der Waals surface area contributed by atoms with E-state index in [0.717, 1.165) is 5.56 Å². The second-order valence-corrected chi connectivity index (χ2v) is 4.71. The van der Waals surface area contributed by atoms with Crippen molar-refractivity contribution in [3.05, 3.63) is 34.2 Å². The van der Waals surface area contributed by atoms with Gasteiger partial charge in [-0.3, -0.25) is 9.59 Å². The molecule has 1 rings (SSSR count). The summed E-state index contributed by atoms with van der Waals surface area (Å²) in [6.45, 7) is 3.98. The second kappa shape index (κ2) is 7.47. The highest BCUT2D eigenvalue weighted by molar-refractivity contribution is 5.83. The molecule has 0 aliphatic heterocycles. The Labute approximate surface area is 117 Å². The highest BCUT2D eigenvalue weighted by atomic mass is 16.4. The molecule has 0 radical (unpaired) electrons. The molecule has 6 nitrogen and oxygen atoms in total. The lowest BCUT2D eigenvalue weighted by molar-refractivity contribution is -0.141. The average molecular weight is 280 g/mol. The number of carboxylic acids is 1. The Morgan fingerprint density at radius 1 is 1.45 bits per heavy atom. The van der Waals surface area contributed by atoms with E-state index in [4.69, 9.17) is 5.11 Å². The Hall–Kier alpha value is -2.11. The predicted molar refractivity (Wildman–Crippen MR) is 74.5 cm³/mol. The quantitative estimate of drug-likeness (QED) is 0.777. The topological polar surface area (TPSA) is 88.4 Å². The van der Waals surface area contributed by atoms with Crippen molar-refractivity contribution in [3.8, 4) is 0 Å². The van der Waals surface area contributed by atoms with Crippen LogP contribution in [-0.2, 0) is 16.1 Å². The van der Waals surface area contributed by atoms with E-state index in [-0.39, 0.29) is 17.9 Å². The molecule has 0 saturated heterocycles. The molecule has 2 N–H and O–H groups in total. The summed E-state index contributed by atoms with van der Waals surface area (Å²) in [5.41, 5.74) is 0.804. The van der Waals surface area contributed by atoms with E-state index < -0.39 is 12.0 Å². The molecule has 0 aromatic carbocycles. The van der Waals surface area contributed by atoms with Gasteiger partial charge in [0.1, 0.15) is 6.04 Å². The molecule has 0 aliphatic rings. The number of carbonyl (C=O) groups excluding carboxylic acids is 1. The first kappa shape index (κ1) is 15.9. The zero-order valence-electron chi connectivity index (χ0n) is 11.8. The molecule has 1 aromatic rings. The van der Waals surface area contributed by atoms with Gasteiger partial charge >= 0.3 is 5.97 Å². The molecule has 0 spiro atoms. The van der Waals surface area contributed by atoms with E-state index in [1.54, 1.807) is 13.1 Å². The van der Waals surface area contributed by atoms with Gasteiger partial charge in [0.25, 0.3) is 5.56 Å². The number of aromatic nitrogens is 1. The van der Waals surface area contributed by atoms with Crippen molar-refractivity contribution in [1.29, 1.82) is 0 Å². The standard InChI is InChI=1S/C14H20N2O4/c1-3-11(14(19)20)15-12(17)5-4-7-16-8-6-10(2)9-13(16)18/h6,8-9,11H,3-5,7H2,1-2H3,(H,15,17)(H,19,20). The Bertz CT molecular complexity index is 536. The largest absolute Gasteiger partial charge is 0.480 e. The molecular formula is C14H20N2O4. The molecule has 1 heterocycles. The SMILES string of the molecule is CCC(NC(=O)CCCn1ccc(C)cc1=O)C(=O)O. The van der Waals surface area contributed by atoms with E-state index in [9.17, 15) is 14.4 Å². The third-order valence-corrected chi connectivity index (χ3v) is 3.00. The highest BCUT2D eigenvalue weighted by Gasteiger charge is 2.16. The average Bonchev–Trinajstić information content (AvgIpc) is 2.38. The summed E-state index contributed by atoms with van der Waals surface area (Å²) in [5.74, 6) is -1.34.